The van der Waals surface area contributed by atoms with E-state index in [0.29, 0.717) is 18.8 Å². The van der Waals surface area contributed by atoms with Gasteiger partial charge in [-0.2, -0.15) is 5.43 Å². The number of ether oxygens (including phenoxy) is 2. The average Bonchev–Trinajstić information content (AvgIpc) is 2.51. The molecule has 1 aromatic carbocycles. The number of quaternary nitrogens is 1. The number of nitrogens with one attached hydrogen (secondary N) is 1. The molecule has 0 aliphatic heterocycles. The zero-order valence-electron chi connectivity index (χ0n) is 12.4. The first-order valence-corrected chi connectivity index (χ1v) is 6.30. The largest absolute Gasteiger partial charge is 0.545 e. The van der Waals surface area contributed by atoms with E-state index in [-0.39, 0.29) is 6.04 Å². The van der Waals surface area contributed by atoms with Gasteiger partial charge in [-0.05, 0) is 37.3 Å². The fourth-order valence-corrected chi connectivity index (χ4v) is 1.09. The SMILES string of the molecule is COc1ccc(OCC(C)N[NH3+])cc1.O=C([O-])/C=C\C(=O)O. The fraction of sp³-hybridized carbons (Fsp3) is 0.286. The maximum absolute atomic E-state index is 9.53. The molecule has 0 saturated carbocycles. The Labute approximate surface area is 128 Å². The van der Waals surface area contributed by atoms with Crippen molar-refractivity contribution in [3.05, 3.63) is 36.4 Å². The zero-order valence-corrected chi connectivity index (χ0v) is 12.4. The molecule has 0 aromatic heterocycles. The monoisotopic (exact) mass is 312 g/mol. The van der Waals surface area contributed by atoms with Gasteiger partial charge in [-0.15, -0.1) is 0 Å². The lowest BCUT2D eigenvalue weighted by molar-refractivity contribution is -0.451. The molecule has 1 aromatic rings. The molecule has 8 nitrogen and oxygen atoms in total. The Balaban J connectivity index is 0.000000472. The van der Waals surface area contributed by atoms with E-state index in [1.54, 1.807) is 7.11 Å². The summed E-state index contributed by atoms with van der Waals surface area (Å²) in [4.78, 5) is 19.0. The van der Waals surface area contributed by atoms with E-state index in [2.05, 4.69) is 11.3 Å². The molecule has 22 heavy (non-hydrogen) atoms. The lowest BCUT2D eigenvalue weighted by atomic mass is 10.3. The van der Waals surface area contributed by atoms with Crippen LogP contribution in [0.1, 0.15) is 6.92 Å². The summed E-state index contributed by atoms with van der Waals surface area (Å²) in [7, 11) is 1.64. The number of aliphatic carboxylic acids is 2. The maximum Gasteiger partial charge on any atom is 0.328 e. The van der Waals surface area contributed by atoms with E-state index in [0.717, 1.165) is 11.5 Å². The summed E-state index contributed by atoms with van der Waals surface area (Å²) in [5, 5.41) is 17.2. The van der Waals surface area contributed by atoms with Crippen LogP contribution in [0.25, 0.3) is 0 Å². The Kier molecular flexibility index (Phi) is 9.82. The van der Waals surface area contributed by atoms with Crippen molar-refractivity contribution in [1.82, 2.24) is 5.43 Å². The molecule has 0 fully saturated rings. The molecule has 0 aliphatic carbocycles. The number of carboxylic acids is 2. The van der Waals surface area contributed by atoms with Crippen LogP contribution in [-0.2, 0) is 9.59 Å². The van der Waals surface area contributed by atoms with Gasteiger partial charge in [0.05, 0.1) is 19.1 Å². The molecule has 0 spiro atoms. The van der Waals surface area contributed by atoms with E-state index < -0.39 is 11.9 Å². The van der Waals surface area contributed by atoms with Gasteiger partial charge in [-0.25, -0.2) is 4.79 Å². The van der Waals surface area contributed by atoms with Crippen LogP contribution in [0.15, 0.2) is 36.4 Å². The van der Waals surface area contributed by atoms with Crippen molar-refractivity contribution in [3.8, 4) is 11.5 Å². The van der Waals surface area contributed by atoms with Gasteiger partial charge in [-0.1, -0.05) is 0 Å². The van der Waals surface area contributed by atoms with Crippen molar-refractivity contribution < 1.29 is 35.1 Å². The third kappa shape index (κ3) is 10.2. The van der Waals surface area contributed by atoms with Crippen LogP contribution in [0, 0.1) is 0 Å². The Morgan fingerprint density at radius 1 is 1.32 bits per heavy atom. The highest BCUT2D eigenvalue weighted by molar-refractivity contribution is 5.88. The Bertz CT molecular complexity index is 471. The molecule has 8 heteroatoms. The Morgan fingerprint density at radius 3 is 2.23 bits per heavy atom. The fourth-order valence-electron chi connectivity index (χ4n) is 1.09. The minimum absolute atomic E-state index is 0.247. The van der Waals surface area contributed by atoms with Crippen LogP contribution in [0.3, 0.4) is 0 Å². The van der Waals surface area contributed by atoms with Gasteiger partial charge in [0, 0.05) is 6.08 Å². The molecular formula is C14H20N2O6. The van der Waals surface area contributed by atoms with Gasteiger partial charge in [0.2, 0.25) is 0 Å². The van der Waals surface area contributed by atoms with Crippen LogP contribution in [0.2, 0.25) is 0 Å². The molecule has 0 heterocycles. The van der Waals surface area contributed by atoms with E-state index in [9.17, 15) is 14.7 Å². The van der Waals surface area contributed by atoms with Crippen molar-refractivity contribution in [1.29, 1.82) is 0 Å². The van der Waals surface area contributed by atoms with E-state index in [4.69, 9.17) is 14.6 Å². The molecule has 1 unspecified atom stereocenters. The zero-order chi connectivity index (χ0) is 17.0. The van der Waals surface area contributed by atoms with Crippen molar-refractivity contribution in [2.45, 2.75) is 13.0 Å². The molecule has 0 amide bonds. The van der Waals surface area contributed by atoms with Gasteiger partial charge >= 0.3 is 5.97 Å². The topological polar surface area (TPSA) is 136 Å². The Morgan fingerprint density at radius 2 is 1.86 bits per heavy atom. The lowest BCUT2D eigenvalue weighted by Crippen LogP contribution is -2.69. The van der Waals surface area contributed by atoms with Crippen molar-refractivity contribution in [2.24, 2.45) is 0 Å². The quantitative estimate of drug-likeness (QED) is 0.415. The summed E-state index contributed by atoms with van der Waals surface area (Å²) in [5.74, 6) is 2.45. The molecule has 0 saturated heterocycles. The van der Waals surface area contributed by atoms with E-state index >= 15 is 0 Å². The van der Waals surface area contributed by atoms with Crippen molar-refractivity contribution in [3.63, 3.8) is 0 Å². The number of hydrogen-bond acceptors (Lipinski definition) is 6. The number of rotatable bonds is 7. The first-order valence-electron chi connectivity index (χ1n) is 6.30. The molecule has 0 bridgehead atoms. The minimum atomic E-state index is -1.51. The number of carbonyl (C=O) groups excluding carboxylic acids is 1. The predicted octanol–water partition coefficient (Wildman–Crippen LogP) is -1.41. The van der Waals surface area contributed by atoms with Crippen LogP contribution in [0.5, 0.6) is 11.5 Å². The average molecular weight is 312 g/mol. The molecule has 1 atom stereocenters. The van der Waals surface area contributed by atoms with Crippen LogP contribution < -0.4 is 25.8 Å². The molecule has 5 N–H and O–H groups in total. The standard InChI is InChI=1S/C10H16N2O2.C4H4O4/c1-8(12-11)7-14-10-5-3-9(13-2)4-6-10;5-3(6)1-2-4(7)8/h3-6,8,12H,7,11H2,1-2H3;1-2H,(H,5,6)(H,7,8)/b;2-1-. The first-order chi connectivity index (χ1) is 10.4. The summed E-state index contributed by atoms with van der Waals surface area (Å²) in [6.07, 6.45) is 0.942. The summed E-state index contributed by atoms with van der Waals surface area (Å²) < 4.78 is 10.5. The predicted molar refractivity (Wildman–Crippen MR) is 75.8 cm³/mol. The number of methoxy groups -OCH3 is 1. The number of hydrogen-bond donors (Lipinski definition) is 3. The van der Waals surface area contributed by atoms with Crippen molar-refractivity contribution >= 4 is 11.9 Å². The molecule has 122 valence electrons. The maximum atomic E-state index is 9.53. The number of carbonyl (C=O) groups is 2. The van der Waals surface area contributed by atoms with Crippen LogP contribution >= 0.6 is 0 Å². The second kappa shape index (κ2) is 11.1. The van der Waals surface area contributed by atoms with E-state index in [1.165, 1.54) is 0 Å². The van der Waals surface area contributed by atoms with Crippen molar-refractivity contribution in [2.75, 3.05) is 13.7 Å². The van der Waals surface area contributed by atoms with Gasteiger partial charge in [0.1, 0.15) is 18.1 Å². The number of carboxylic acid groups (broad SMARTS) is 2. The molecule has 0 radical (unpaired) electrons. The number of benzene rings is 1. The summed E-state index contributed by atoms with van der Waals surface area (Å²) >= 11 is 0. The summed E-state index contributed by atoms with van der Waals surface area (Å²) in [6.45, 7) is 2.62. The van der Waals surface area contributed by atoms with Gasteiger partial charge in [0.15, 0.2) is 0 Å². The summed E-state index contributed by atoms with van der Waals surface area (Å²) in [6, 6.07) is 7.76. The highest BCUT2D eigenvalue weighted by Gasteiger charge is 2.01. The third-order valence-electron chi connectivity index (χ3n) is 2.27. The van der Waals surface area contributed by atoms with Gasteiger partial charge in [-0.3, -0.25) is 5.84 Å². The second-order valence-corrected chi connectivity index (χ2v) is 4.08. The highest BCUT2D eigenvalue weighted by Crippen LogP contribution is 2.16. The minimum Gasteiger partial charge on any atom is -0.545 e. The van der Waals surface area contributed by atoms with E-state index in [1.807, 2.05) is 31.2 Å². The molecular weight excluding hydrogens is 292 g/mol. The molecule has 1 rings (SSSR count). The van der Waals surface area contributed by atoms with Crippen LogP contribution in [-0.4, -0.2) is 36.8 Å². The highest BCUT2D eigenvalue weighted by atomic mass is 16.5. The first kappa shape index (κ1) is 19.4. The third-order valence-corrected chi connectivity index (χ3v) is 2.27. The Hall–Kier alpha value is -2.58. The van der Waals surface area contributed by atoms with Gasteiger partial charge < -0.3 is 24.5 Å². The summed E-state index contributed by atoms with van der Waals surface area (Å²) in [5.41, 5.74) is 2.86. The molecule has 0 aliphatic rings. The normalized spacial score (nSPS) is 11.2. The van der Waals surface area contributed by atoms with Crippen LogP contribution in [0.4, 0.5) is 0 Å². The smallest absolute Gasteiger partial charge is 0.328 e. The lowest BCUT2D eigenvalue weighted by Gasteiger charge is -2.10. The van der Waals surface area contributed by atoms with Gasteiger partial charge in [0.25, 0.3) is 0 Å². The second-order valence-electron chi connectivity index (χ2n) is 4.08.